The van der Waals surface area contributed by atoms with E-state index in [2.05, 4.69) is 0 Å². The summed E-state index contributed by atoms with van der Waals surface area (Å²) in [5.41, 5.74) is 1.67. The second-order valence-electron chi connectivity index (χ2n) is 3.93. The number of ketones is 1. The van der Waals surface area contributed by atoms with Crippen molar-refractivity contribution in [1.82, 2.24) is 4.57 Å². The third-order valence-electron chi connectivity index (χ3n) is 2.72. The maximum absolute atomic E-state index is 12.0. The number of carbonyl (C=O) groups excluding carboxylic acids is 1. The number of halogens is 1. The summed E-state index contributed by atoms with van der Waals surface area (Å²) in [5, 5.41) is 0.693. The quantitative estimate of drug-likeness (QED) is 0.600. The molecular formula is C15H14ClNO. The van der Waals surface area contributed by atoms with Gasteiger partial charge in [0.15, 0.2) is 0 Å². The maximum Gasteiger partial charge on any atom is 0.202 e. The van der Waals surface area contributed by atoms with E-state index < -0.39 is 0 Å². The van der Waals surface area contributed by atoms with Gasteiger partial charge >= 0.3 is 0 Å². The molecule has 18 heavy (non-hydrogen) atoms. The van der Waals surface area contributed by atoms with Gasteiger partial charge in [0.25, 0.3) is 0 Å². The molecule has 0 aliphatic carbocycles. The molecule has 2 rings (SSSR count). The Balaban J connectivity index is 2.14. The average molecular weight is 260 g/mol. The van der Waals surface area contributed by atoms with E-state index in [1.54, 1.807) is 24.3 Å². The van der Waals surface area contributed by atoms with Gasteiger partial charge in [-0.2, -0.15) is 0 Å². The van der Waals surface area contributed by atoms with Gasteiger partial charge in [-0.15, -0.1) is 0 Å². The first-order chi connectivity index (χ1) is 8.70. The topological polar surface area (TPSA) is 22.0 Å². The predicted molar refractivity (Wildman–Crippen MR) is 74.9 cm³/mol. The van der Waals surface area contributed by atoms with Crippen molar-refractivity contribution in [2.75, 3.05) is 0 Å². The summed E-state index contributed by atoms with van der Waals surface area (Å²) in [5.74, 6) is 0.0109. The molecule has 0 unspecified atom stereocenters. The number of aromatic nitrogens is 1. The highest BCUT2D eigenvalue weighted by atomic mass is 35.5. The van der Waals surface area contributed by atoms with Crippen molar-refractivity contribution in [3.63, 3.8) is 0 Å². The number of hydrogen-bond donors (Lipinski definition) is 0. The molecule has 3 heteroatoms. The lowest BCUT2D eigenvalue weighted by Crippen LogP contribution is -2.04. The molecule has 2 nitrogen and oxygen atoms in total. The first kappa shape index (κ1) is 12.7. The number of rotatable bonds is 4. The van der Waals surface area contributed by atoms with Gasteiger partial charge in [0.05, 0.1) is 5.69 Å². The molecule has 0 fully saturated rings. The van der Waals surface area contributed by atoms with Crippen LogP contribution in [0, 0.1) is 0 Å². The fraction of sp³-hybridized carbons (Fsp3) is 0.133. The summed E-state index contributed by atoms with van der Waals surface area (Å²) >= 11 is 5.80. The lowest BCUT2D eigenvalue weighted by atomic mass is 10.2. The van der Waals surface area contributed by atoms with Crippen LogP contribution in [0.4, 0.5) is 0 Å². The average Bonchev–Trinajstić information content (AvgIpc) is 2.86. The molecule has 1 heterocycles. The first-order valence-corrected chi connectivity index (χ1v) is 6.21. The molecule has 0 atom stereocenters. The van der Waals surface area contributed by atoms with Crippen LogP contribution in [0.2, 0.25) is 5.02 Å². The van der Waals surface area contributed by atoms with E-state index in [-0.39, 0.29) is 5.78 Å². The van der Waals surface area contributed by atoms with Crippen molar-refractivity contribution >= 4 is 23.5 Å². The van der Waals surface area contributed by atoms with Gasteiger partial charge in [0.2, 0.25) is 5.78 Å². The number of allylic oxidation sites excluding steroid dienone is 1. The fourth-order valence-electron chi connectivity index (χ4n) is 1.74. The van der Waals surface area contributed by atoms with E-state index in [0.717, 1.165) is 12.1 Å². The van der Waals surface area contributed by atoms with E-state index >= 15 is 0 Å². The van der Waals surface area contributed by atoms with Crippen molar-refractivity contribution in [1.29, 1.82) is 0 Å². The van der Waals surface area contributed by atoms with E-state index in [1.807, 2.05) is 42.0 Å². The minimum absolute atomic E-state index is 0.0109. The van der Waals surface area contributed by atoms with Crippen molar-refractivity contribution in [3.8, 4) is 0 Å². The van der Waals surface area contributed by atoms with Gasteiger partial charge < -0.3 is 4.57 Å². The Morgan fingerprint density at radius 1 is 1.28 bits per heavy atom. The van der Waals surface area contributed by atoms with Gasteiger partial charge in [-0.1, -0.05) is 29.8 Å². The molecule has 2 aromatic rings. The molecule has 0 aliphatic heterocycles. The number of nitrogens with zero attached hydrogens (tertiary/aromatic N) is 1. The number of carbonyl (C=O) groups is 1. The molecule has 1 aromatic heterocycles. The largest absolute Gasteiger partial charge is 0.345 e. The number of hydrogen-bond acceptors (Lipinski definition) is 1. The Morgan fingerprint density at radius 3 is 2.67 bits per heavy atom. The zero-order valence-corrected chi connectivity index (χ0v) is 10.9. The highest BCUT2D eigenvalue weighted by Crippen LogP contribution is 2.11. The summed E-state index contributed by atoms with van der Waals surface area (Å²) in [6.07, 6.45) is 5.29. The summed E-state index contributed by atoms with van der Waals surface area (Å²) in [6.45, 7) is 2.81. The van der Waals surface area contributed by atoms with Gasteiger partial charge in [-0.05, 0) is 42.8 Å². The summed E-state index contributed by atoms with van der Waals surface area (Å²) in [7, 11) is 0. The third kappa shape index (κ3) is 2.90. The van der Waals surface area contributed by atoms with E-state index in [1.165, 1.54) is 0 Å². The van der Waals surface area contributed by atoms with E-state index in [4.69, 9.17) is 11.6 Å². The van der Waals surface area contributed by atoms with Gasteiger partial charge in [0, 0.05) is 17.8 Å². The van der Waals surface area contributed by atoms with E-state index in [0.29, 0.717) is 10.7 Å². The van der Waals surface area contributed by atoms with Crippen LogP contribution in [0.5, 0.6) is 0 Å². The molecular weight excluding hydrogens is 246 g/mol. The van der Waals surface area contributed by atoms with Gasteiger partial charge in [0.1, 0.15) is 0 Å². The second-order valence-corrected chi connectivity index (χ2v) is 4.37. The zero-order chi connectivity index (χ0) is 13.0. The van der Waals surface area contributed by atoms with Crippen LogP contribution in [0.1, 0.15) is 23.0 Å². The van der Waals surface area contributed by atoms with Crippen LogP contribution in [0.25, 0.3) is 6.08 Å². The van der Waals surface area contributed by atoms with Crippen LogP contribution >= 0.6 is 11.6 Å². The number of aryl methyl sites for hydroxylation is 1. The molecule has 0 aliphatic rings. The lowest BCUT2D eigenvalue weighted by Gasteiger charge is -2.01. The normalized spacial score (nSPS) is 11.0. The number of benzene rings is 1. The van der Waals surface area contributed by atoms with Crippen LogP contribution in [0.15, 0.2) is 48.7 Å². The maximum atomic E-state index is 12.0. The molecule has 0 amide bonds. The first-order valence-electron chi connectivity index (χ1n) is 5.84. The SMILES string of the molecule is CCn1cccc1C(=O)/C=C/c1ccc(Cl)cc1. The van der Waals surface area contributed by atoms with Crippen LogP contribution in [-0.4, -0.2) is 10.4 Å². The van der Waals surface area contributed by atoms with Crippen LogP contribution < -0.4 is 0 Å². The Labute approximate surface area is 112 Å². The molecule has 0 saturated heterocycles. The Hall–Kier alpha value is -1.80. The van der Waals surface area contributed by atoms with Gasteiger partial charge in [-0.3, -0.25) is 4.79 Å². The highest BCUT2D eigenvalue weighted by molar-refractivity contribution is 6.30. The standard InChI is InChI=1S/C15H14ClNO/c1-2-17-11-3-4-14(17)15(18)10-7-12-5-8-13(16)9-6-12/h3-11H,2H2,1H3/b10-7+. The molecule has 0 N–H and O–H groups in total. The second kappa shape index (κ2) is 5.69. The lowest BCUT2D eigenvalue weighted by molar-refractivity contribution is 0.103. The monoisotopic (exact) mass is 259 g/mol. The Kier molecular flexibility index (Phi) is 4.00. The summed E-state index contributed by atoms with van der Waals surface area (Å²) in [4.78, 5) is 12.0. The van der Waals surface area contributed by atoms with Crippen molar-refractivity contribution in [2.45, 2.75) is 13.5 Å². The predicted octanol–water partition coefficient (Wildman–Crippen LogP) is 4.06. The summed E-state index contributed by atoms with van der Waals surface area (Å²) < 4.78 is 1.93. The molecule has 0 spiro atoms. The van der Waals surface area contributed by atoms with Crippen LogP contribution in [0.3, 0.4) is 0 Å². The Bertz CT molecular complexity index is 566. The minimum Gasteiger partial charge on any atom is -0.345 e. The molecule has 0 bridgehead atoms. The van der Waals surface area contributed by atoms with Crippen molar-refractivity contribution in [3.05, 3.63) is 65.0 Å². The molecule has 0 radical (unpaired) electrons. The van der Waals surface area contributed by atoms with E-state index in [9.17, 15) is 4.79 Å². The van der Waals surface area contributed by atoms with Gasteiger partial charge in [-0.25, -0.2) is 0 Å². The van der Waals surface area contributed by atoms with Crippen LogP contribution in [-0.2, 0) is 6.54 Å². The summed E-state index contributed by atoms with van der Waals surface area (Å²) in [6, 6.07) is 11.1. The molecule has 0 saturated carbocycles. The smallest absolute Gasteiger partial charge is 0.202 e. The fourth-order valence-corrected chi connectivity index (χ4v) is 1.87. The Morgan fingerprint density at radius 2 is 2.00 bits per heavy atom. The third-order valence-corrected chi connectivity index (χ3v) is 2.97. The van der Waals surface area contributed by atoms with Crippen molar-refractivity contribution < 1.29 is 4.79 Å². The highest BCUT2D eigenvalue weighted by Gasteiger charge is 2.05. The van der Waals surface area contributed by atoms with Crippen molar-refractivity contribution in [2.24, 2.45) is 0 Å². The minimum atomic E-state index is 0.0109. The zero-order valence-electron chi connectivity index (χ0n) is 10.1. The molecule has 1 aromatic carbocycles. The molecule has 92 valence electrons.